The van der Waals surface area contributed by atoms with Crippen molar-refractivity contribution in [1.82, 2.24) is 5.32 Å². The maximum Gasteiger partial charge on any atom is 0.251 e. The highest BCUT2D eigenvalue weighted by Gasteiger charge is 2.03. The van der Waals surface area contributed by atoms with E-state index >= 15 is 0 Å². The van der Waals surface area contributed by atoms with Gasteiger partial charge in [0, 0.05) is 28.9 Å². The Bertz CT molecular complexity index is 363. The SMILES string of the molecule is CC(C)COCCCNC(=O)c1ccc(I)cc1. The Morgan fingerprint density at radius 2 is 2.00 bits per heavy atom. The summed E-state index contributed by atoms with van der Waals surface area (Å²) >= 11 is 2.22. The molecule has 1 N–H and O–H groups in total. The lowest BCUT2D eigenvalue weighted by atomic mass is 10.2. The van der Waals surface area contributed by atoms with Crippen molar-refractivity contribution in [3.8, 4) is 0 Å². The minimum atomic E-state index is -0.0183. The molecule has 0 fully saturated rings. The van der Waals surface area contributed by atoms with E-state index in [1.54, 1.807) is 0 Å². The fourth-order valence-electron chi connectivity index (χ4n) is 1.40. The van der Waals surface area contributed by atoms with Crippen LogP contribution in [0.3, 0.4) is 0 Å². The van der Waals surface area contributed by atoms with Crippen molar-refractivity contribution in [3.63, 3.8) is 0 Å². The quantitative estimate of drug-likeness (QED) is 0.599. The average Bonchev–Trinajstić information content (AvgIpc) is 2.34. The van der Waals surface area contributed by atoms with E-state index in [1.165, 1.54) is 0 Å². The van der Waals surface area contributed by atoms with Crippen LogP contribution in [-0.4, -0.2) is 25.7 Å². The van der Waals surface area contributed by atoms with Crippen LogP contribution >= 0.6 is 22.6 Å². The standard InChI is InChI=1S/C14H20INO2/c1-11(2)10-18-9-3-8-16-14(17)12-4-6-13(15)7-5-12/h4-7,11H,3,8-10H2,1-2H3,(H,16,17). The van der Waals surface area contributed by atoms with E-state index in [1.807, 2.05) is 24.3 Å². The number of ether oxygens (including phenoxy) is 1. The Balaban J connectivity index is 2.16. The molecule has 0 saturated carbocycles. The van der Waals surface area contributed by atoms with Gasteiger partial charge in [0.05, 0.1) is 0 Å². The number of rotatable bonds is 7. The van der Waals surface area contributed by atoms with Gasteiger partial charge in [-0.05, 0) is 59.2 Å². The number of carbonyl (C=O) groups is 1. The van der Waals surface area contributed by atoms with E-state index in [0.717, 1.165) is 16.6 Å². The number of amides is 1. The third kappa shape index (κ3) is 6.35. The molecule has 0 aliphatic carbocycles. The summed E-state index contributed by atoms with van der Waals surface area (Å²) in [7, 11) is 0. The predicted molar refractivity (Wildman–Crippen MR) is 81.8 cm³/mol. The van der Waals surface area contributed by atoms with Crippen LogP contribution in [0.15, 0.2) is 24.3 Å². The van der Waals surface area contributed by atoms with Gasteiger partial charge in [-0.3, -0.25) is 4.79 Å². The second kappa shape index (κ2) is 8.48. The summed E-state index contributed by atoms with van der Waals surface area (Å²) in [6.07, 6.45) is 0.850. The maximum atomic E-state index is 11.7. The molecule has 1 amide bonds. The van der Waals surface area contributed by atoms with Gasteiger partial charge in [-0.2, -0.15) is 0 Å². The fraction of sp³-hybridized carbons (Fsp3) is 0.500. The summed E-state index contributed by atoms with van der Waals surface area (Å²) in [6.45, 7) is 6.39. The summed E-state index contributed by atoms with van der Waals surface area (Å²) in [5.74, 6) is 0.543. The summed E-state index contributed by atoms with van der Waals surface area (Å²) in [5, 5.41) is 2.89. The van der Waals surface area contributed by atoms with E-state index in [-0.39, 0.29) is 5.91 Å². The molecule has 0 aromatic heterocycles. The summed E-state index contributed by atoms with van der Waals surface area (Å²) < 4.78 is 6.58. The maximum absolute atomic E-state index is 11.7. The minimum absolute atomic E-state index is 0.0183. The molecule has 0 spiro atoms. The van der Waals surface area contributed by atoms with Crippen LogP contribution in [0.1, 0.15) is 30.6 Å². The normalized spacial score (nSPS) is 10.7. The predicted octanol–water partition coefficient (Wildman–Crippen LogP) is 3.08. The number of halogens is 1. The fourth-order valence-corrected chi connectivity index (χ4v) is 1.76. The molecule has 0 atom stereocenters. The van der Waals surface area contributed by atoms with Gasteiger partial charge >= 0.3 is 0 Å². The molecule has 3 nitrogen and oxygen atoms in total. The van der Waals surface area contributed by atoms with Gasteiger partial charge in [-0.1, -0.05) is 13.8 Å². The topological polar surface area (TPSA) is 38.3 Å². The second-order valence-corrected chi connectivity index (χ2v) is 5.83. The van der Waals surface area contributed by atoms with Gasteiger partial charge in [0.2, 0.25) is 0 Å². The van der Waals surface area contributed by atoms with Gasteiger partial charge in [0.25, 0.3) is 5.91 Å². The number of benzene rings is 1. The summed E-state index contributed by atoms with van der Waals surface area (Å²) in [5.41, 5.74) is 0.707. The van der Waals surface area contributed by atoms with Crippen LogP contribution in [0.25, 0.3) is 0 Å². The highest BCUT2D eigenvalue weighted by molar-refractivity contribution is 14.1. The molecule has 0 aliphatic rings. The zero-order chi connectivity index (χ0) is 13.4. The van der Waals surface area contributed by atoms with Gasteiger partial charge in [0.15, 0.2) is 0 Å². The molecule has 0 bridgehead atoms. The van der Waals surface area contributed by atoms with Crippen LogP contribution in [0.5, 0.6) is 0 Å². The first-order valence-electron chi connectivity index (χ1n) is 6.21. The molecule has 18 heavy (non-hydrogen) atoms. The van der Waals surface area contributed by atoms with Crippen LogP contribution < -0.4 is 5.32 Å². The molecule has 1 aromatic carbocycles. The average molecular weight is 361 g/mol. The first-order valence-corrected chi connectivity index (χ1v) is 7.29. The monoisotopic (exact) mass is 361 g/mol. The van der Waals surface area contributed by atoms with Gasteiger partial charge in [0.1, 0.15) is 0 Å². The van der Waals surface area contributed by atoms with E-state index in [4.69, 9.17) is 4.74 Å². The zero-order valence-electron chi connectivity index (χ0n) is 10.9. The van der Waals surface area contributed by atoms with E-state index < -0.39 is 0 Å². The summed E-state index contributed by atoms with van der Waals surface area (Å²) in [4.78, 5) is 11.7. The third-order valence-corrected chi connectivity index (χ3v) is 3.03. The van der Waals surface area contributed by atoms with Crippen LogP contribution in [-0.2, 0) is 4.74 Å². The van der Waals surface area contributed by atoms with E-state index in [0.29, 0.717) is 24.6 Å². The van der Waals surface area contributed by atoms with E-state index in [9.17, 15) is 4.79 Å². The molecule has 0 heterocycles. The second-order valence-electron chi connectivity index (χ2n) is 4.59. The van der Waals surface area contributed by atoms with Gasteiger partial charge in [-0.15, -0.1) is 0 Å². The first kappa shape index (κ1) is 15.4. The Morgan fingerprint density at radius 1 is 1.33 bits per heavy atom. The number of hydrogen-bond acceptors (Lipinski definition) is 2. The molecule has 0 unspecified atom stereocenters. The number of carbonyl (C=O) groups excluding carboxylic acids is 1. The third-order valence-electron chi connectivity index (χ3n) is 2.31. The lowest BCUT2D eigenvalue weighted by molar-refractivity contribution is 0.0925. The number of hydrogen-bond donors (Lipinski definition) is 1. The molecular weight excluding hydrogens is 341 g/mol. The van der Waals surface area contributed by atoms with Gasteiger partial charge in [-0.25, -0.2) is 0 Å². The van der Waals surface area contributed by atoms with Crippen molar-refractivity contribution in [2.45, 2.75) is 20.3 Å². The Kier molecular flexibility index (Phi) is 7.27. The molecular formula is C14H20INO2. The van der Waals surface area contributed by atoms with Crippen molar-refractivity contribution >= 4 is 28.5 Å². The van der Waals surface area contributed by atoms with Crippen LogP contribution in [0.4, 0.5) is 0 Å². The lowest BCUT2D eigenvalue weighted by Gasteiger charge is -2.08. The Hall–Kier alpha value is -0.620. The van der Waals surface area contributed by atoms with Crippen molar-refractivity contribution in [3.05, 3.63) is 33.4 Å². The summed E-state index contributed by atoms with van der Waals surface area (Å²) in [6, 6.07) is 7.54. The van der Waals surface area contributed by atoms with E-state index in [2.05, 4.69) is 41.8 Å². The molecule has 4 heteroatoms. The van der Waals surface area contributed by atoms with Crippen LogP contribution in [0, 0.1) is 9.49 Å². The number of nitrogens with one attached hydrogen (secondary N) is 1. The zero-order valence-corrected chi connectivity index (χ0v) is 13.1. The molecule has 0 radical (unpaired) electrons. The lowest BCUT2D eigenvalue weighted by Crippen LogP contribution is -2.25. The van der Waals surface area contributed by atoms with Gasteiger partial charge < -0.3 is 10.1 Å². The molecule has 0 saturated heterocycles. The molecule has 100 valence electrons. The highest BCUT2D eigenvalue weighted by atomic mass is 127. The minimum Gasteiger partial charge on any atom is -0.381 e. The Labute approximate surface area is 122 Å². The largest absolute Gasteiger partial charge is 0.381 e. The highest BCUT2D eigenvalue weighted by Crippen LogP contribution is 2.06. The molecule has 1 aromatic rings. The first-order chi connectivity index (χ1) is 8.59. The van der Waals surface area contributed by atoms with Crippen molar-refractivity contribution in [1.29, 1.82) is 0 Å². The smallest absolute Gasteiger partial charge is 0.251 e. The van der Waals surface area contributed by atoms with Crippen LogP contribution in [0.2, 0.25) is 0 Å². The molecule has 0 aliphatic heterocycles. The van der Waals surface area contributed by atoms with Crippen molar-refractivity contribution in [2.75, 3.05) is 19.8 Å². The molecule has 1 rings (SSSR count). The Morgan fingerprint density at radius 3 is 2.61 bits per heavy atom. The van der Waals surface area contributed by atoms with Crippen molar-refractivity contribution < 1.29 is 9.53 Å². The van der Waals surface area contributed by atoms with Crippen molar-refractivity contribution in [2.24, 2.45) is 5.92 Å².